The highest BCUT2D eigenvalue weighted by atomic mass is 16.2. The third-order valence-corrected chi connectivity index (χ3v) is 6.38. The van der Waals surface area contributed by atoms with Crippen LogP contribution in [-0.2, 0) is 23.3 Å². The van der Waals surface area contributed by atoms with Crippen molar-refractivity contribution < 1.29 is 4.79 Å². The molecular formula is C22H27N7O. The van der Waals surface area contributed by atoms with E-state index in [0.717, 1.165) is 43.4 Å². The van der Waals surface area contributed by atoms with Crippen LogP contribution in [0.2, 0.25) is 0 Å². The average molecular weight is 406 g/mol. The van der Waals surface area contributed by atoms with Crippen molar-refractivity contribution in [3.05, 3.63) is 65.5 Å². The van der Waals surface area contributed by atoms with E-state index in [1.54, 1.807) is 10.9 Å². The fraction of sp³-hybridized carbons (Fsp3) is 0.455. The van der Waals surface area contributed by atoms with Crippen molar-refractivity contribution in [2.45, 2.75) is 32.4 Å². The Balaban J connectivity index is 1.36. The summed E-state index contributed by atoms with van der Waals surface area (Å²) in [4.78, 5) is 22.2. The minimum atomic E-state index is -0.227. The summed E-state index contributed by atoms with van der Waals surface area (Å²) in [5.74, 6) is 2.08. The van der Waals surface area contributed by atoms with Crippen LogP contribution in [0.3, 0.4) is 0 Å². The number of carbonyl (C=O) groups is 1. The maximum atomic E-state index is 13.0. The van der Waals surface area contributed by atoms with Crippen LogP contribution in [0.15, 0.2) is 42.7 Å². The molecule has 4 heterocycles. The number of carbonyl (C=O) groups excluding carboxylic acids is 1. The summed E-state index contributed by atoms with van der Waals surface area (Å²) in [5.41, 5.74) is 2.14. The number of nitrogens with zero attached hydrogens (tertiary/aromatic N) is 6. The smallest absolute Gasteiger partial charge is 0.244 e. The van der Waals surface area contributed by atoms with Crippen LogP contribution in [0, 0.1) is 19.8 Å². The van der Waals surface area contributed by atoms with Crippen molar-refractivity contribution in [1.29, 1.82) is 0 Å². The Morgan fingerprint density at radius 2 is 2.03 bits per heavy atom. The molecule has 8 heteroatoms. The molecule has 5 rings (SSSR count). The van der Waals surface area contributed by atoms with Gasteiger partial charge in [0.2, 0.25) is 5.91 Å². The first-order valence-corrected chi connectivity index (χ1v) is 10.4. The van der Waals surface area contributed by atoms with E-state index in [2.05, 4.69) is 44.5 Å². The summed E-state index contributed by atoms with van der Waals surface area (Å²) in [7, 11) is 0. The van der Waals surface area contributed by atoms with Gasteiger partial charge in [0.25, 0.3) is 0 Å². The third kappa shape index (κ3) is 3.41. The number of aromatic nitrogens is 5. The zero-order valence-electron chi connectivity index (χ0n) is 17.5. The zero-order valence-corrected chi connectivity index (χ0v) is 17.5. The van der Waals surface area contributed by atoms with E-state index < -0.39 is 0 Å². The Labute approximate surface area is 175 Å². The topological polar surface area (TPSA) is 82.9 Å². The number of benzene rings is 1. The maximum absolute atomic E-state index is 13.0. The number of amides is 1. The molecule has 8 nitrogen and oxygen atoms in total. The molecule has 0 aliphatic carbocycles. The number of hydrogen-bond acceptors (Lipinski definition) is 5. The molecule has 1 aromatic carbocycles. The standard InChI is InChI=1S/C22H27N7O/c1-16-8-23-29(9-16)13-20(30)28-12-19-11-27(10-18-6-4-3-5-7-18)14-22(19,15-28)21-24-17(2)25-26-21/h3-9,19H,10-15H2,1-2H3,(H,24,25,26)/t19-,22-/m0/s1. The molecule has 0 saturated carbocycles. The van der Waals surface area contributed by atoms with Crippen LogP contribution >= 0.6 is 0 Å². The minimum absolute atomic E-state index is 0.105. The molecule has 2 atom stereocenters. The summed E-state index contributed by atoms with van der Waals surface area (Å²) >= 11 is 0. The molecule has 2 aliphatic rings. The highest BCUT2D eigenvalue weighted by Crippen LogP contribution is 2.44. The van der Waals surface area contributed by atoms with Crippen LogP contribution in [0.4, 0.5) is 0 Å². The summed E-state index contributed by atoms with van der Waals surface area (Å²) in [6.07, 6.45) is 3.69. The zero-order chi connectivity index (χ0) is 20.7. The first kappa shape index (κ1) is 19.0. The van der Waals surface area contributed by atoms with Crippen LogP contribution in [0.5, 0.6) is 0 Å². The number of fused-ring (bicyclic) bond motifs is 1. The predicted octanol–water partition coefficient (Wildman–Crippen LogP) is 1.53. The van der Waals surface area contributed by atoms with E-state index in [9.17, 15) is 4.79 Å². The van der Waals surface area contributed by atoms with Gasteiger partial charge in [-0.15, -0.1) is 0 Å². The number of nitrogens with one attached hydrogen (secondary N) is 1. The molecule has 30 heavy (non-hydrogen) atoms. The van der Waals surface area contributed by atoms with Gasteiger partial charge in [-0.05, 0) is 25.0 Å². The van der Waals surface area contributed by atoms with Crippen LogP contribution < -0.4 is 0 Å². The number of rotatable bonds is 5. The van der Waals surface area contributed by atoms with E-state index in [1.807, 2.05) is 31.0 Å². The SMILES string of the molecule is Cc1cnn(CC(=O)N2C[C@@H]3CN(Cc4ccccc4)C[C@]3(c3n[nH]c(C)n3)C2)c1. The Hall–Kier alpha value is -3.00. The van der Waals surface area contributed by atoms with Gasteiger partial charge in [-0.1, -0.05) is 30.3 Å². The van der Waals surface area contributed by atoms with Crippen molar-refractivity contribution in [1.82, 2.24) is 34.8 Å². The molecule has 2 fully saturated rings. The summed E-state index contributed by atoms with van der Waals surface area (Å²) in [6.45, 7) is 8.27. The van der Waals surface area contributed by atoms with Gasteiger partial charge < -0.3 is 4.90 Å². The predicted molar refractivity (Wildman–Crippen MR) is 112 cm³/mol. The van der Waals surface area contributed by atoms with Crippen LogP contribution in [0.25, 0.3) is 0 Å². The molecule has 3 aromatic rings. The highest BCUT2D eigenvalue weighted by Gasteiger charge is 2.56. The second kappa shape index (κ2) is 7.36. The number of H-pyrrole nitrogens is 1. The van der Waals surface area contributed by atoms with Crippen molar-refractivity contribution in [2.75, 3.05) is 26.2 Å². The Morgan fingerprint density at radius 1 is 1.20 bits per heavy atom. The van der Waals surface area contributed by atoms with E-state index in [1.165, 1.54) is 5.56 Å². The van der Waals surface area contributed by atoms with E-state index in [0.29, 0.717) is 12.5 Å². The molecule has 1 amide bonds. The lowest BCUT2D eigenvalue weighted by atomic mass is 9.80. The average Bonchev–Trinajstić information content (AvgIpc) is 3.46. The second-order valence-corrected chi connectivity index (χ2v) is 8.74. The van der Waals surface area contributed by atoms with Crippen molar-refractivity contribution in [3.8, 4) is 0 Å². The largest absolute Gasteiger partial charge is 0.340 e. The second-order valence-electron chi connectivity index (χ2n) is 8.74. The molecule has 0 spiro atoms. The Morgan fingerprint density at radius 3 is 2.73 bits per heavy atom. The number of likely N-dealkylation sites (tertiary alicyclic amines) is 2. The normalized spacial score (nSPS) is 23.8. The molecule has 1 N–H and O–H groups in total. The number of hydrogen-bond donors (Lipinski definition) is 1. The lowest BCUT2D eigenvalue weighted by Crippen LogP contribution is -2.41. The summed E-state index contributed by atoms with van der Waals surface area (Å²) < 4.78 is 1.72. The Bertz CT molecular complexity index is 1040. The van der Waals surface area contributed by atoms with E-state index >= 15 is 0 Å². The van der Waals surface area contributed by atoms with E-state index in [-0.39, 0.29) is 17.9 Å². The number of aryl methyl sites for hydroxylation is 2. The fourth-order valence-corrected chi connectivity index (χ4v) is 5.00. The first-order valence-electron chi connectivity index (χ1n) is 10.4. The lowest BCUT2D eigenvalue weighted by molar-refractivity contribution is -0.131. The molecule has 0 radical (unpaired) electrons. The van der Waals surface area contributed by atoms with Gasteiger partial charge in [0.1, 0.15) is 12.4 Å². The third-order valence-electron chi connectivity index (χ3n) is 6.38. The van der Waals surface area contributed by atoms with Gasteiger partial charge in [-0.3, -0.25) is 19.5 Å². The van der Waals surface area contributed by atoms with Gasteiger partial charge in [0, 0.05) is 44.8 Å². The molecule has 2 saturated heterocycles. The molecule has 156 valence electrons. The monoisotopic (exact) mass is 405 g/mol. The molecule has 2 aliphatic heterocycles. The number of aromatic amines is 1. The van der Waals surface area contributed by atoms with Gasteiger partial charge in [-0.2, -0.15) is 10.2 Å². The lowest BCUT2D eigenvalue weighted by Gasteiger charge is -2.27. The Kier molecular flexibility index (Phi) is 4.66. The van der Waals surface area contributed by atoms with E-state index in [4.69, 9.17) is 4.98 Å². The summed E-state index contributed by atoms with van der Waals surface area (Å²) in [6, 6.07) is 10.5. The molecule has 0 bridgehead atoms. The molecule has 0 unspecified atom stereocenters. The highest BCUT2D eigenvalue weighted by molar-refractivity contribution is 5.76. The van der Waals surface area contributed by atoms with Crippen molar-refractivity contribution in [3.63, 3.8) is 0 Å². The summed E-state index contributed by atoms with van der Waals surface area (Å²) in [5, 5.41) is 11.8. The first-order chi connectivity index (χ1) is 14.5. The van der Waals surface area contributed by atoms with Gasteiger partial charge >= 0.3 is 0 Å². The minimum Gasteiger partial charge on any atom is -0.340 e. The van der Waals surface area contributed by atoms with Crippen LogP contribution in [0.1, 0.15) is 22.8 Å². The quantitative estimate of drug-likeness (QED) is 0.696. The van der Waals surface area contributed by atoms with Gasteiger partial charge in [-0.25, -0.2) is 4.98 Å². The van der Waals surface area contributed by atoms with Crippen molar-refractivity contribution in [2.24, 2.45) is 5.92 Å². The maximum Gasteiger partial charge on any atom is 0.244 e. The van der Waals surface area contributed by atoms with Gasteiger partial charge in [0.05, 0.1) is 11.6 Å². The molecule has 2 aromatic heterocycles. The van der Waals surface area contributed by atoms with Crippen molar-refractivity contribution >= 4 is 5.91 Å². The fourth-order valence-electron chi connectivity index (χ4n) is 5.00. The van der Waals surface area contributed by atoms with Crippen LogP contribution in [-0.4, -0.2) is 66.8 Å². The molecular weight excluding hydrogens is 378 g/mol. The van der Waals surface area contributed by atoms with Gasteiger partial charge in [0.15, 0.2) is 5.82 Å².